The highest BCUT2D eigenvalue weighted by Gasteiger charge is 2.21. The number of hydrogen-bond donors (Lipinski definition) is 1. The van der Waals surface area contributed by atoms with Gasteiger partial charge >= 0.3 is 0 Å². The monoisotopic (exact) mass is 229 g/mol. The zero-order valence-electron chi connectivity index (χ0n) is 10.3. The Hall–Kier alpha value is -1.40. The van der Waals surface area contributed by atoms with Crippen LogP contribution < -0.4 is 5.32 Å². The predicted molar refractivity (Wildman–Crippen MR) is 67.2 cm³/mol. The van der Waals surface area contributed by atoms with E-state index in [1.165, 1.54) is 25.7 Å². The van der Waals surface area contributed by atoms with E-state index in [1.807, 2.05) is 12.1 Å². The summed E-state index contributed by atoms with van der Waals surface area (Å²) in [5, 5.41) is 12.5. The molecule has 1 aromatic heterocycles. The molecular weight excluding hydrogens is 210 g/mol. The number of nitriles is 1. The fourth-order valence-corrected chi connectivity index (χ4v) is 2.58. The van der Waals surface area contributed by atoms with Gasteiger partial charge in [-0.15, -0.1) is 0 Å². The molecule has 1 saturated carbocycles. The third-order valence-corrected chi connectivity index (χ3v) is 3.72. The molecule has 0 aromatic carbocycles. The summed E-state index contributed by atoms with van der Waals surface area (Å²) in [6, 6.07) is 6.53. The Morgan fingerprint density at radius 2 is 2.29 bits per heavy atom. The molecule has 1 atom stereocenters. The molecule has 2 rings (SSSR count). The highest BCUT2D eigenvalue weighted by molar-refractivity contribution is 5.30. The van der Waals surface area contributed by atoms with Gasteiger partial charge in [-0.1, -0.05) is 18.9 Å². The maximum absolute atomic E-state index is 8.95. The van der Waals surface area contributed by atoms with E-state index in [2.05, 4.69) is 23.3 Å². The second-order valence-electron chi connectivity index (χ2n) is 4.84. The molecule has 1 N–H and O–H groups in total. The third kappa shape index (κ3) is 3.04. The lowest BCUT2D eigenvalue weighted by Crippen LogP contribution is -2.32. The molecule has 1 heterocycles. The number of nitrogens with one attached hydrogen (secondary N) is 1. The van der Waals surface area contributed by atoms with E-state index in [1.54, 1.807) is 6.20 Å². The molecule has 0 radical (unpaired) electrons. The fourth-order valence-electron chi connectivity index (χ4n) is 2.58. The second-order valence-corrected chi connectivity index (χ2v) is 4.84. The highest BCUT2D eigenvalue weighted by atomic mass is 14.9. The Balaban J connectivity index is 1.91. The van der Waals surface area contributed by atoms with Crippen molar-refractivity contribution in [1.82, 2.24) is 10.3 Å². The number of aromatic nitrogens is 1. The Labute approximate surface area is 103 Å². The Morgan fingerprint density at radius 3 is 3.00 bits per heavy atom. The molecule has 0 saturated heterocycles. The molecular formula is C14H19N3. The van der Waals surface area contributed by atoms with Gasteiger partial charge in [-0.25, -0.2) is 4.98 Å². The number of nitrogens with zero attached hydrogens (tertiary/aromatic N) is 2. The summed E-state index contributed by atoms with van der Waals surface area (Å²) in [6.07, 6.45) is 7.08. The van der Waals surface area contributed by atoms with Gasteiger partial charge in [0.1, 0.15) is 11.8 Å². The average Bonchev–Trinajstić information content (AvgIpc) is 2.90. The molecule has 0 amide bonds. The summed E-state index contributed by atoms with van der Waals surface area (Å²) in [7, 11) is 0. The van der Waals surface area contributed by atoms with Gasteiger partial charge in [-0.05, 0) is 31.7 Å². The minimum atomic E-state index is 0.532. The molecule has 0 bridgehead atoms. The Kier molecular flexibility index (Phi) is 4.11. The van der Waals surface area contributed by atoms with Gasteiger partial charge in [0.2, 0.25) is 0 Å². The molecule has 1 fully saturated rings. The summed E-state index contributed by atoms with van der Waals surface area (Å²) < 4.78 is 0. The quantitative estimate of drug-likeness (QED) is 0.863. The minimum Gasteiger partial charge on any atom is -0.310 e. The topological polar surface area (TPSA) is 48.7 Å². The van der Waals surface area contributed by atoms with E-state index in [-0.39, 0.29) is 0 Å². The zero-order valence-corrected chi connectivity index (χ0v) is 10.3. The first-order valence-electron chi connectivity index (χ1n) is 6.38. The molecule has 1 aliphatic carbocycles. The van der Waals surface area contributed by atoms with Crippen molar-refractivity contribution >= 4 is 0 Å². The average molecular weight is 229 g/mol. The molecule has 0 aliphatic heterocycles. The molecule has 3 heteroatoms. The van der Waals surface area contributed by atoms with Crippen molar-refractivity contribution in [3.63, 3.8) is 0 Å². The summed E-state index contributed by atoms with van der Waals surface area (Å²) in [4.78, 5) is 4.07. The van der Waals surface area contributed by atoms with E-state index in [9.17, 15) is 0 Å². The van der Waals surface area contributed by atoms with Gasteiger partial charge in [-0.3, -0.25) is 0 Å². The van der Waals surface area contributed by atoms with E-state index in [0.717, 1.165) is 18.0 Å². The lowest BCUT2D eigenvalue weighted by Gasteiger charge is -2.20. The van der Waals surface area contributed by atoms with Crippen molar-refractivity contribution in [3.8, 4) is 6.07 Å². The molecule has 0 spiro atoms. The van der Waals surface area contributed by atoms with E-state index >= 15 is 0 Å². The SMILES string of the molecule is CC(NCc1cccnc1C#N)C1CCCC1. The smallest absolute Gasteiger partial charge is 0.144 e. The van der Waals surface area contributed by atoms with Gasteiger partial charge in [0.15, 0.2) is 0 Å². The van der Waals surface area contributed by atoms with Crippen LogP contribution in [-0.2, 0) is 6.54 Å². The minimum absolute atomic E-state index is 0.532. The lowest BCUT2D eigenvalue weighted by atomic mass is 9.99. The van der Waals surface area contributed by atoms with Gasteiger partial charge in [0.05, 0.1) is 0 Å². The normalized spacial score (nSPS) is 17.9. The predicted octanol–water partition coefficient (Wildman–Crippen LogP) is 2.62. The fraction of sp³-hybridized carbons (Fsp3) is 0.571. The van der Waals surface area contributed by atoms with Crippen molar-refractivity contribution in [2.45, 2.75) is 45.2 Å². The summed E-state index contributed by atoms with van der Waals surface area (Å²) >= 11 is 0. The van der Waals surface area contributed by atoms with Crippen molar-refractivity contribution in [3.05, 3.63) is 29.6 Å². The first-order chi connectivity index (χ1) is 8.31. The van der Waals surface area contributed by atoms with Crippen molar-refractivity contribution < 1.29 is 0 Å². The van der Waals surface area contributed by atoms with Crippen LogP contribution in [-0.4, -0.2) is 11.0 Å². The summed E-state index contributed by atoms with van der Waals surface area (Å²) in [5.74, 6) is 0.803. The van der Waals surface area contributed by atoms with Crippen LogP contribution in [0.1, 0.15) is 43.9 Å². The molecule has 17 heavy (non-hydrogen) atoms. The van der Waals surface area contributed by atoms with Crippen LogP contribution >= 0.6 is 0 Å². The van der Waals surface area contributed by atoms with E-state index < -0.39 is 0 Å². The largest absolute Gasteiger partial charge is 0.310 e. The van der Waals surface area contributed by atoms with E-state index in [4.69, 9.17) is 5.26 Å². The van der Waals surface area contributed by atoms with Gasteiger partial charge in [0, 0.05) is 24.3 Å². The van der Waals surface area contributed by atoms with Crippen molar-refractivity contribution in [2.75, 3.05) is 0 Å². The van der Waals surface area contributed by atoms with Crippen molar-refractivity contribution in [2.24, 2.45) is 5.92 Å². The second kappa shape index (κ2) is 5.79. The Morgan fingerprint density at radius 1 is 1.53 bits per heavy atom. The van der Waals surface area contributed by atoms with Crippen LogP contribution in [0.3, 0.4) is 0 Å². The number of rotatable bonds is 4. The van der Waals surface area contributed by atoms with Gasteiger partial charge in [-0.2, -0.15) is 5.26 Å². The van der Waals surface area contributed by atoms with Crippen LogP contribution in [0.15, 0.2) is 18.3 Å². The molecule has 3 nitrogen and oxygen atoms in total. The summed E-state index contributed by atoms with van der Waals surface area (Å²) in [6.45, 7) is 2.99. The van der Waals surface area contributed by atoms with Gasteiger partial charge in [0.25, 0.3) is 0 Å². The highest BCUT2D eigenvalue weighted by Crippen LogP contribution is 2.27. The molecule has 1 aromatic rings. The summed E-state index contributed by atoms with van der Waals surface area (Å²) in [5.41, 5.74) is 1.54. The third-order valence-electron chi connectivity index (χ3n) is 3.72. The van der Waals surface area contributed by atoms with Crippen LogP contribution in [0.2, 0.25) is 0 Å². The maximum Gasteiger partial charge on any atom is 0.144 e. The van der Waals surface area contributed by atoms with Gasteiger partial charge < -0.3 is 5.32 Å². The zero-order chi connectivity index (χ0) is 12.1. The first kappa shape index (κ1) is 12.1. The van der Waals surface area contributed by atoms with Crippen molar-refractivity contribution in [1.29, 1.82) is 5.26 Å². The molecule has 1 aliphatic rings. The Bertz CT molecular complexity index is 402. The van der Waals surface area contributed by atoms with Crippen LogP contribution in [0, 0.1) is 17.2 Å². The van der Waals surface area contributed by atoms with Crippen LogP contribution in [0.25, 0.3) is 0 Å². The standard InChI is InChI=1S/C14H19N3/c1-11(12-5-2-3-6-12)17-10-13-7-4-8-16-14(13)9-15/h4,7-8,11-12,17H,2-3,5-6,10H2,1H3. The maximum atomic E-state index is 8.95. The first-order valence-corrected chi connectivity index (χ1v) is 6.38. The number of hydrogen-bond acceptors (Lipinski definition) is 3. The van der Waals surface area contributed by atoms with Crippen LogP contribution in [0.4, 0.5) is 0 Å². The molecule has 1 unspecified atom stereocenters. The van der Waals surface area contributed by atoms with E-state index in [0.29, 0.717) is 11.7 Å². The number of pyridine rings is 1. The molecule has 90 valence electrons. The lowest BCUT2D eigenvalue weighted by molar-refractivity contribution is 0.380. The van der Waals surface area contributed by atoms with Crippen LogP contribution in [0.5, 0.6) is 0 Å².